The van der Waals surface area contributed by atoms with Gasteiger partial charge in [-0.05, 0) is 12.1 Å². The van der Waals surface area contributed by atoms with E-state index in [0.29, 0.717) is 17.3 Å². The van der Waals surface area contributed by atoms with Gasteiger partial charge in [0.1, 0.15) is 5.82 Å². The summed E-state index contributed by atoms with van der Waals surface area (Å²) in [5, 5.41) is 1.78. The van der Waals surface area contributed by atoms with E-state index in [0.717, 1.165) is 15.2 Å². The van der Waals surface area contributed by atoms with Gasteiger partial charge in [-0.2, -0.15) is 0 Å². The Balaban J connectivity index is 2.51. The second-order valence-electron chi connectivity index (χ2n) is 3.21. The molecule has 1 aliphatic heterocycles. The minimum absolute atomic E-state index is 0.231. The highest BCUT2D eigenvalue weighted by atomic mass is 79.9. The molecule has 76 valence electrons. The second-order valence-corrected chi connectivity index (χ2v) is 4.07. The number of halogens is 1. The van der Waals surface area contributed by atoms with E-state index in [1.165, 1.54) is 0 Å². The molecule has 0 atom stereocenters. The van der Waals surface area contributed by atoms with E-state index in [-0.39, 0.29) is 6.79 Å². The summed E-state index contributed by atoms with van der Waals surface area (Å²) in [6, 6.07) is 3.77. The number of fused-ring (bicyclic) bond motifs is 3. The summed E-state index contributed by atoms with van der Waals surface area (Å²) in [7, 11) is 0. The molecule has 0 bridgehead atoms. The summed E-state index contributed by atoms with van der Waals surface area (Å²) in [6.07, 6.45) is 1.67. The summed E-state index contributed by atoms with van der Waals surface area (Å²) < 4.78 is 11.6. The van der Waals surface area contributed by atoms with Gasteiger partial charge in [-0.25, -0.2) is 4.98 Å². The molecule has 0 spiro atoms. The fourth-order valence-electron chi connectivity index (χ4n) is 1.70. The SMILES string of the molecule is Nc1nccc2c(Br)cc3c(c12)OCO3. The van der Waals surface area contributed by atoms with Crippen molar-refractivity contribution in [2.75, 3.05) is 12.5 Å². The van der Waals surface area contributed by atoms with Crippen molar-refractivity contribution in [1.82, 2.24) is 4.98 Å². The van der Waals surface area contributed by atoms with Gasteiger partial charge in [0, 0.05) is 16.1 Å². The van der Waals surface area contributed by atoms with Gasteiger partial charge < -0.3 is 15.2 Å². The number of rotatable bonds is 0. The Morgan fingerprint density at radius 3 is 3.13 bits per heavy atom. The third kappa shape index (κ3) is 1.16. The molecule has 1 aromatic carbocycles. The molecule has 3 rings (SSSR count). The van der Waals surface area contributed by atoms with Crippen molar-refractivity contribution in [3.63, 3.8) is 0 Å². The van der Waals surface area contributed by atoms with Crippen molar-refractivity contribution in [3.05, 3.63) is 22.8 Å². The van der Waals surface area contributed by atoms with Crippen LogP contribution in [0.25, 0.3) is 10.8 Å². The maximum atomic E-state index is 5.83. The number of benzene rings is 1. The highest BCUT2D eigenvalue weighted by Gasteiger charge is 2.20. The summed E-state index contributed by atoms with van der Waals surface area (Å²) >= 11 is 3.47. The Morgan fingerprint density at radius 1 is 1.40 bits per heavy atom. The van der Waals surface area contributed by atoms with Gasteiger partial charge in [0.25, 0.3) is 0 Å². The molecule has 0 amide bonds. The summed E-state index contributed by atoms with van der Waals surface area (Å²) in [5.41, 5.74) is 5.83. The van der Waals surface area contributed by atoms with Crippen molar-refractivity contribution >= 4 is 32.5 Å². The maximum absolute atomic E-state index is 5.83. The van der Waals surface area contributed by atoms with Gasteiger partial charge in [0.05, 0.1) is 5.39 Å². The number of anilines is 1. The Kier molecular flexibility index (Phi) is 1.76. The van der Waals surface area contributed by atoms with Crippen LogP contribution >= 0.6 is 15.9 Å². The van der Waals surface area contributed by atoms with E-state index in [4.69, 9.17) is 15.2 Å². The first kappa shape index (κ1) is 8.79. The number of nitrogen functional groups attached to an aromatic ring is 1. The standard InChI is InChI=1S/C10H7BrN2O2/c11-6-3-7-9(15-4-14-7)8-5(6)1-2-13-10(8)12/h1-3H,4H2,(H2,12,13). The number of hydrogen-bond donors (Lipinski definition) is 1. The lowest BCUT2D eigenvalue weighted by Crippen LogP contribution is -1.95. The molecule has 0 fully saturated rings. The molecule has 5 heteroatoms. The molecule has 0 saturated carbocycles. The monoisotopic (exact) mass is 266 g/mol. The lowest BCUT2D eigenvalue weighted by molar-refractivity contribution is 0.175. The fourth-order valence-corrected chi connectivity index (χ4v) is 2.24. The van der Waals surface area contributed by atoms with Crippen LogP contribution in [0.4, 0.5) is 5.82 Å². The third-order valence-corrected chi connectivity index (χ3v) is 3.02. The van der Waals surface area contributed by atoms with Crippen molar-refractivity contribution in [2.45, 2.75) is 0 Å². The Morgan fingerprint density at radius 2 is 2.27 bits per heavy atom. The fraction of sp³-hybridized carbons (Fsp3) is 0.100. The zero-order valence-electron chi connectivity index (χ0n) is 7.66. The van der Waals surface area contributed by atoms with Crippen molar-refractivity contribution in [1.29, 1.82) is 0 Å². The molecule has 2 heterocycles. The van der Waals surface area contributed by atoms with Crippen LogP contribution in [0.2, 0.25) is 0 Å². The third-order valence-electron chi connectivity index (χ3n) is 2.36. The van der Waals surface area contributed by atoms with Gasteiger partial charge in [-0.3, -0.25) is 0 Å². The summed E-state index contributed by atoms with van der Waals surface area (Å²) in [4.78, 5) is 4.05. The van der Waals surface area contributed by atoms with Gasteiger partial charge in [0.15, 0.2) is 11.5 Å². The van der Waals surface area contributed by atoms with Crippen molar-refractivity contribution in [2.24, 2.45) is 0 Å². The zero-order valence-corrected chi connectivity index (χ0v) is 9.24. The lowest BCUT2D eigenvalue weighted by atomic mass is 10.1. The predicted molar refractivity (Wildman–Crippen MR) is 60.0 cm³/mol. The van der Waals surface area contributed by atoms with E-state index in [2.05, 4.69) is 20.9 Å². The van der Waals surface area contributed by atoms with Gasteiger partial charge in [-0.15, -0.1) is 0 Å². The normalized spacial score (nSPS) is 13.4. The zero-order chi connectivity index (χ0) is 10.4. The number of aromatic nitrogens is 1. The molecule has 2 aromatic rings. The Labute approximate surface area is 94.1 Å². The van der Waals surface area contributed by atoms with Gasteiger partial charge in [0.2, 0.25) is 6.79 Å². The Bertz CT molecular complexity index is 557. The minimum atomic E-state index is 0.231. The number of hydrogen-bond acceptors (Lipinski definition) is 4. The van der Waals surface area contributed by atoms with Crippen LogP contribution in [0.5, 0.6) is 11.5 Å². The number of ether oxygens (including phenoxy) is 2. The van der Waals surface area contributed by atoms with Crippen LogP contribution < -0.4 is 15.2 Å². The number of nitrogens with two attached hydrogens (primary N) is 1. The van der Waals surface area contributed by atoms with Gasteiger partial charge >= 0.3 is 0 Å². The second kappa shape index (κ2) is 3.00. The van der Waals surface area contributed by atoms with Crippen LogP contribution in [-0.2, 0) is 0 Å². The highest BCUT2D eigenvalue weighted by Crippen LogP contribution is 2.44. The van der Waals surface area contributed by atoms with E-state index in [9.17, 15) is 0 Å². The first-order chi connectivity index (χ1) is 7.27. The molecular formula is C10H7BrN2O2. The van der Waals surface area contributed by atoms with E-state index >= 15 is 0 Å². The van der Waals surface area contributed by atoms with Crippen LogP contribution in [0.15, 0.2) is 22.8 Å². The molecule has 1 aliphatic rings. The maximum Gasteiger partial charge on any atom is 0.231 e. The van der Waals surface area contributed by atoms with Crippen molar-refractivity contribution < 1.29 is 9.47 Å². The van der Waals surface area contributed by atoms with Gasteiger partial charge in [-0.1, -0.05) is 15.9 Å². The molecule has 4 nitrogen and oxygen atoms in total. The first-order valence-corrected chi connectivity index (χ1v) is 5.19. The Hall–Kier alpha value is -1.49. The molecule has 0 aliphatic carbocycles. The number of pyridine rings is 1. The summed E-state index contributed by atoms with van der Waals surface area (Å²) in [6.45, 7) is 0.231. The highest BCUT2D eigenvalue weighted by molar-refractivity contribution is 9.10. The smallest absolute Gasteiger partial charge is 0.231 e. The van der Waals surface area contributed by atoms with Crippen LogP contribution in [0.3, 0.4) is 0 Å². The first-order valence-electron chi connectivity index (χ1n) is 4.39. The molecule has 0 unspecified atom stereocenters. The largest absolute Gasteiger partial charge is 0.454 e. The van der Waals surface area contributed by atoms with E-state index in [1.54, 1.807) is 6.20 Å². The summed E-state index contributed by atoms with van der Waals surface area (Å²) in [5.74, 6) is 1.84. The van der Waals surface area contributed by atoms with Crippen LogP contribution in [0.1, 0.15) is 0 Å². The molecular weight excluding hydrogens is 260 g/mol. The van der Waals surface area contributed by atoms with Crippen LogP contribution in [-0.4, -0.2) is 11.8 Å². The number of nitrogens with zero attached hydrogens (tertiary/aromatic N) is 1. The molecule has 15 heavy (non-hydrogen) atoms. The molecule has 0 saturated heterocycles. The quantitative estimate of drug-likeness (QED) is 0.795. The van der Waals surface area contributed by atoms with Crippen molar-refractivity contribution in [3.8, 4) is 11.5 Å². The predicted octanol–water partition coefficient (Wildman–Crippen LogP) is 2.31. The van der Waals surface area contributed by atoms with E-state index in [1.807, 2.05) is 12.1 Å². The molecule has 2 N–H and O–H groups in total. The lowest BCUT2D eigenvalue weighted by Gasteiger charge is -2.06. The average Bonchev–Trinajstić information content (AvgIpc) is 2.66. The topological polar surface area (TPSA) is 57.4 Å². The van der Waals surface area contributed by atoms with Crippen LogP contribution in [0, 0.1) is 0 Å². The van der Waals surface area contributed by atoms with E-state index < -0.39 is 0 Å². The molecule has 1 aromatic heterocycles. The average molecular weight is 267 g/mol. The molecule has 0 radical (unpaired) electrons. The minimum Gasteiger partial charge on any atom is -0.454 e.